The molecule has 0 aliphatic heterocycles. The van der Waals surface area contributed by atoms with E-state index in [1.54, 1.807) is 31.3 Å². The first-order valence-electron chi connectivity index (χ1n) is 10.4. The second-order valence-corrected chi connectivity index (χ2v) is 7.17. The van der Waals surface area contributed by atoms with Crippen molar-refractivity contribution in [3.05, 3.63) is 70.7 Å². The lowest BCUT2D eigenvalue weighted by atomic mass is 10.1. The van der Waals surface area contributed by atoms with E-state index < -0.39 is 0 Å². The summed E-state index contributed by atoms with van der Waals surface area (Å²) < 4.78 is 0. The molecule has 0 saturated carbocycles. The van der Waals surface area contributed by atoms with Gasteiger partial charge in [0.2, 0.25) is 0 Å². The third-order valence-corrected chi connectivity index (χ3v) is 5.28. The Morgan fingerprint density at radius 2 is 1.58 bits per heavy atom. The van der Waals surface area contributed by atoms with E-state index in [0.717, 1.165) is 19.6 Å². The van der Waals surface area contributed by atoms with Crippen molar-refractivity contribution in [3.8, 4) is 0 Å². The highest BCUT2D eigenvalue weighted by Gasteiger charge is 2.18. The molecule has 2 aromatic carbocycles. The summed E-state index contributed by atoms with van der Waals surface area (Å²) in [5, 5.41) is 9.97. The number of amides is 1. The number of nitrogens with zero attached hydrogens (tertiary/aromatic N) is 2. The number of nitrogens with one attached hydrogen (secondary N) is 3. The molecule has 6 nitrogen and oxygen atoms in total. The predicted molar refractivity (Wildman–Crippen MR) is 141 cm³/mol. The summed E-state index contributed by atoms with van der Waals surface area (Å²) in [7, 11) is 1.74. The molecule has 0 spiro atoms. The number of hydrogen-bond donors (Lipinski definition) is 3. The Morgan fingerprint density at radius 1 is 0.968 bits per heavy atom. The third kappa shape index (κ3) is 8.66. The summed E-state index contributed by atoms with van der Waals surface area (Å²) >= 11 is 6.07. The molecule has 0 heterocycles. The van der Waals surface area contributed by atoms with Gasteiger partial charge in [-0.25, -0.2) is 0 Å². The number of aliphatic imine (C=N–C) groups is 1. The molecule has 1 unspecified atom stereocenters. The maximum atomic E-state index is 12.2. The first-order chi connectivity index (χ1) is 14.6. The molecule has 0 bridgehead atoms. The van der Waals surface area contributed by atoms with Crippen molar-refractivity contribution in [2.75, 3.05) is 39.8 Å². The van der Waals surface area contributed by atoms with Crippen LogP contribution in [0.2, 0.25) is 5.02 Å². The molecule has 0 aliphatic rings. The van der Waals surface area contributed by atoms with E-state index in [0.29, 0.717) is 29.6 Å². The van der Waals surface area contributed by atoms with E-state index >= 15 is 0 Å². The molecule has 31 heavy (non-hydrogen) atoms. The zero-order valence-electron chi connectivity index (χ0n) is 18.4. The second kappa shape index (κ2) is 15.0. The number of benzene rings is 2. The van der Waals surface area contributed by atoms with Crippen LogP contribution >= 0.6 is 35.6 Å². The first kappa shape index (κ1) is 27.2. The van der Waals surface area contributed by atoms with E-state index in [1.807, 2.05) is 6.07 Å². The molecule has 1 atom stereocenters. The monoisotopic (exact) mass is 557 g/mol. The van der Waals surface area contributed by atoms with Gasteiger partial charge in [-0.2, -0.15) is 0 Å². The SMILES string of the molecule is CCN(CC)C(CNC(=NC)NCCNC(=O)c1ccccc1Cl)c1ccccc1.I. The highest BCUT2D eigenvalue weighted by molar-refractivity contribution is 14.0. The summed E-state index contributed by atoms with van der Waals surface area (Å²) in [5.41, 5.74) is 1.75. The van der Waals surface area contributed by atoms with Gasteiger partial charge in [-0.3, -0.25) is 14.7 Å². The van der Waals surface area contributed by atoms with Crippen molar-refractivity contribution in [1.82, 2.24) is 20.9 Å². The fourth-order valence-corrected chi connectivity index (χ4v) is 3.53. The van der Waals surface area contributed by atoms with Gasteiger partial charge in [0.15, 0.2) is 5.96 Å². The Balaban J connectivity index is 0.00000480. The van der Waals surface area contributed by atoms with Crippen LogP contribution in [0.3, 0.4) is 0 Å². The van der Waals surface area contributed by atoms with E-state index in [2.05, 4.69) is 64.0 Å². The lowest BCUT2D eigenvalue weighted by molar-refractivity contribution is 0.0954. The van der Waals surface area contributed by atoms with Crippen molar-refractivity contribution in [1.29, 1.82) is 0 Å². The van der Waals surface area contributed by atoms with Gasteiger partial charge in [0.25, 0.3) is 5.91 Å². The standard InChI is InChI=1S/C23H32ClN5O.HI/c1-4-29(5-2)21(18-11-7-6-8-12-18)17-28-23(25-3)27-16-15-26-22(30)19-13-9-10-14-20(19)24;/h6-14,21H,4-5,15-17H2,1-3H3,(H,26,30)(H2,25,27,28);1H. The Hall–Kier alpha value is -1.84. The van der Waals surface area contributed by atoms with Crippen molar-refractivity contribution in [3.63, 3.8) is 0 Å². The predicted octanol–water partition coefficient (Wildman–Crippen LogP) is 3.94. The molecule has 170 valence electrons. The second-order valence-electron chi connectivity index (χ2n) is 6.76. The average molecular weight is 558 g/mol. The fourth-order valence-electron chi connectivity index (χ4n) is 3.31. The van der Waals surface area contributed by atoms with Crippen LogP contribution < -0.4 is 16.0 Å². The number of rotatable bonds is 10. The number of guanidine groups is 1. The molecule has 0 fully saturated rings. The summed E-state index contributed by atoms with van der Waals surface area (Å²) in [5.74, 6) is 0.520. The van der Waals surface area contributed by atoms with Gasteiger partial charge in [-0.05, 0) is 30.8 Å². The zero-order chi connectivity index (χ0) is 21.8. The molecule has 8 heteroatoms. The molecule has 0 saturated heterocycles. The minimum absolute atomic E-state index is 0. The Bertz CT molecular complexity index is 815. The molecule has 0 aliphatic carbocycles. The van der Waals surface area contributed by atoms with Gasteiger partial charge in [-0.15, -0.1) is 24.0 Å². The van der Waals surface area contributed by atoms with Gasteiger partial charge in [0.05, 0.1) is 16.6 Å². The van der Waals surface area contributed by atoms with Gasteiger partial charge >= 0.3 is 0 Å². The number of likely N-dealkylation sites (N-methyl/N-ethyl adjacent to an activating group) is 1. The quantitative estimate of drug-likeness (QED) is 0.179. The topological polar surface area (TPSA) is 68.8 Å². The number of halogens is 2. The molecular weight excluding hydrogens is 525 g/mol. The molecular formula is C23H33ClIN5O. The maximum absolute atomic E-state index is 12.2. The van der Waals surface area contributed by atoms with Crippen molar-refractivity contribution >= 4 is 47.4 Å². The molecule has 1 amide bonds. The Morgan fingerprint density at radius 3 is 2.19 bits per heavy atom. The summed E-state index contributed by atoms with van der Waals surface area (Å²) in [6.07, 6.45) is 0. The largest absolute Gasteiger partial charge is 0.355 e. The summed E-state index contributed by atoms with van der Waals surface area (Å²) in [6.45, 7) is 8.04. The van der Waals surface area contributed by atoms with Crippen LogP contribution in [-0.4, -0.2) is 56.5 Å². The van der Waals surface area contributed by atoms with Gasteiger partial charge in [0.1, 0.15) is 0 Å². The first-order valence-corrected chi connectivity index (χ1v) is 10.7. The lowest BCUT2D eigenvalue weighted by Gasteiger charge is -2.30. The number of carbonyl (C=O) groups is 1. The fraction of sp³-hybridized carbons (Fsp3) is 0.391. The highest BCUT2D eigenvalue weighted by Crippen LogP contribution is 2.19. The molecule has 0 radical (unpaired) electrons. The van der Waals surface area contributed by atoms with E-state index in [9.17, 15) is 4.79 Å². The minimum Gasteiger partial charge on any atom is -0.355 e. The smallest absolute Gasteiger partial charge is 0.252 e. The third-order valence-electron chi connectivity index (χ3n) is 4.95. The van der Waals surface area contributed by atoms with Crippen LogP contribution in [0.1, 0.15) is 35.8 Å². The zero-order valence-corrected chi connectivity index (χ0v) is 21.5. The van der Waals surface area contributed by atoms with Gasteiger partial charge in [-0.1, -0.05) is 67.9 Å². The van der Waals surface area contributed by atoms with E-state index in [1.165, 1.54) is 5.56 Å². The number of hydrogen-bond acceptors (Lipinski definition) is 3. The molecule has 2 rings (SSSR count). The van der Waals surface area contributed by atoms with Crippen LogP contribution in [0.15, 0.2) is 59.6 Å². The lowest BCUT2D eigenvalue weighted by Crippen LogP contribution is -2.45. The van der Waals surface area contributed by atoms with Gasteiger partial charge in [0, 0.05) is 26.7 Å². The summed E-state index contributed by atoms with van der Waals surface area (Å²) in [4.78, 5) is 18.9. The van der Waals surface area contributed by atoms with Crippen LogP contribution in [0.25, 0.3) is 0 Å². The Labute approximate surface area is 207 Å². The van der Waals surface area contributed by atoms with Gasteiger partial charge < -0.3 is 16.0 Å². The van der Waals surface area contributed by atoms with Crippen LogP contribution in [0.5, 0.6) is 0 Å². The van der Waals surface area contributed by atoms with Crippen molar-refractivity contribution in [2.24, 2.45) is 4.99 Å². The summed E-state index contributed by atoms with van der Waals surface area (Å²) in [6, 6.07) is 17.8. The number of carbonyl (C=O) groups excluding carboxylic acids is 1. The van der Waals surface area contributed by atoms with E-state index in [-0.39, 0.29) is 35.9 Å². The Kier molecular flexibility index (Phi) is 13.2. The van der Waals surface area contributed by atoms with E-state index in [4.69, 9.17) is 11.6 Å². The minimum atomic E-state index is -0.184. The van der Waals surface area contributed by atoms with Crippen LogP contribution in [0, 0.1) is 0 Å². The average Bonchev–Trinajstić information content (AvgIpc) is 2.78. The van der Waals surface area contributed by atoms with Crippen molar-refractivity contribution < 1.29 is 4.79 Å². The normalized spacial score (nSPS) is 12.1. The highest BCUT2D eigenvalue weighted by atomic mass is 127. The molecule has 0 aromatic heterocycles. The van der Waals surface area contributed by atoms with Crippen molar-refractivity contribution in [2.45, 2.75) is 19.9 Å². The molecule has 3 N–H and O–H groups in total. The van der Waals surface area contributed by atoms with Crippen LogP contribution in [-0.2, 0) is 0 Å². The maximum Gasteiger partial charge on any atom is 0.252 e. The van der Waals surface area contributed by atoms with Crippen LogP contribution in [0.4, 0.5) is 0 Å². The molecule has 2 aromatic rings.